The lowest BCUT2D eigenvalue weighted by Crippen LogP contribution is -2.45. The van der Waals surface area contributed by atoms with Crippen LogP contribution in [0.15, 0.2) is 54.6 Å². The summed E-state index contributed by atoms with van der Waals surface area (Å²) in [6.45, 7) is 17.0. The molecular formula is C45H70O7Si. The summed E-state index contributed by atoms with van der Waals surface area (Å²) in [6, 6.07) is 17.9. The Morgan fingerprint density at radius 2 is 1.55 bits per heavy atom. The Labute approximate surface area is 322 Å². The van der Waals surface area contributed by atoms with Crippen molar-refractivity contribution in [1.82, 2.24) is 0 Å². The summed E-state index contributed by atoms with van der Waals surface area (Å²) in [7, 11) is -2.02. The number of aliphatic carboxylic acids is 1. The number of hydrogen-bond donors (Lipinski definition) is 1. The zero-order valence-electron chi connectivity index (χ0n) is 33.9. The molecule has 1 saturated carbocycles. The van der Waals surface area contributed by atoms with Crippen molar-refractivity contribution in [2.24, 2.45) is 17.8 Å². The molecular weight excluding hydrogens is 681 g/mol. The summed E-state index contributed by atoms with van der Waals surface area (Å²) >= 11 is 0. The van der Waals surface area contributed by atoms with Crippen molar-refractivity contribution in [3.05, 3.63) is 60.2 Å². The van der Waals surface area contributed by atoms with Crippen LogP contribution in [-0.4, -0.2) is 56.6 Å². The van der Waals surface area contributed by atoms with Crippen LogP contribution in [0, 0.1) is 17.8 Å². The summed E-state index contributed by atoms with van der Waals surface area (Å²) < 4.78 is 26.7. The van der Waals surface area contributed by atoms with Crippen LogP contribution >= 0.6 is 0 Å². The Morgan fingerprint density at radius 3 is 2.19 bits per heavy atom. The summed E-state index contributed by atoms with van der Waals surface area (Å²) in [6.07, 6.45) is 13.3. The molecule has 0 amide bonds. The molecule has 1 heterocycles. The van der Waals surface area contributed by atoms with Gasteiger partial charge >= 0.3 is 11.9 Å². The van der Waals surface area contributed by atoms with E-state index in [0.717, 1.165) is 81.9 Å². The number of ether oxygens (including phenoxy) is 3. The van der Waals surface area contributed by atoms with Gasteiger partial charge in [-0.15, -0.1) is 0 Å². The van der Waals surface area contributed by atoms with E-state index in [9.17, 15) is 9.59 Å². The van der Waals surface area contributed by atoms with E-state index in [0.29, 0.717) is 24.3 Å². The molecule has 2 aromatic carbocycles. The van der Waals surface area contributed by atoms with Gasteiger partial charge in [-0.25, -0.2) is 4.79 Å². The van der Waals surface area contributed by atoms with Crippen molar-refractivity contribution in [2.45, 2.75) is 174 Å². The fourth-order valence-electron chi connectivity index (χ4n) is 7.96. The Kier molecular flexibility index (Phi) is 17.1. The first-order chi connectivity index (χ1) is 25.3. The van der Waals surface area contributed by atoms with Gasteiger partial charge in [0.25, 0.3) is 0 Å². The number of hydrogen-bond acceptors (Lipinski definition) is 6. The molecule has 0 spiro atoms. The highest BCUT2D eigenvalue weighted by molar-refractivity contribution is 6.74. The number of benzene rings is 2. The van der Waals surface area contributed by atoms with Crippen molar-refractivity contribution in [2.75, 3.05) is 6.61 Å². The third-order valence-corrected chi connectivity index (χ3v) is 16.8. The Hall–Kier alpha value is -2.52. The standard InChI is InChI=1S/C45H70O7Si/c1-8-9-19-33(2)39(52-53(6,7)45(3,4)5)30-29-38-37(22-15-10-11-16-23-42(46)47)41(32-40(38)50-43-24-17-18-31-49-43)51-44(48)36-27-25-35(26-28-36)34-20-13-12-14-21-34/h12-14,20-21,25-28,33,37-41,43H,8-11,15-19,22-24,29-32H2,1-7H3,(H,46,47)/t33?,37-,38-,39?,40?,41+,43?/m1/s1. The molecule has 0 radical (unpaired) electrons. The fourth-order valence-corrected chi connectivity index (χ4v) is 9.42. The average Bonchev–Trinajstić information content (AvgIpc) is 3.44. The number of unbranched alkanes of at least 4 members (excludes halogenated alkanes) is 4. The molecule has 2 aromatic rings. The summed E-state index contributed by atoms with van der Waals surface area (Å²) in [5.41, 5.74) is 2.73. The monoisotopic (exact) mass is 750 g/mol. The molecule has 4 rings (SSSR count). The Balaban J connectivity index is 1.57. The van der Waals surface area contributed by atoms with Crippen LogP contribution in [0.2, 0.25) is 18.1 Å². The first-order valence-electron chi connectivity index (χ1n) is 20.8. The zero-order chi connectivity index (χ0) is 38.4. The SMILES string of the molecule is CCCCC(C)C(CC[C@H]1C(OC2CCCCO2)C[C@H](OC(=O)c2ccc(-c3ccccc3)cc2)[C@@H]1CCCCCCC(=O)O)O[Si](C)(C)C(C)(C)C. The second-order valence-electron chi connectivity index (χ2n) is 17.4. The highest BCUT2D eigenvalue weighted by Crippen LogP contribution is 2.45. The molecule has 7 nitrogen and oxygen atoms in total. The van der Waals surface area contributed by atoms with E-state index in [1.54, 1.807) is 0 Å². The van der Waals surface area contributed by atoms with E-state index in [2.05, 4.69) is 59.8 Å². The molecule has 2 aliphatic rings. The second-order valence-corrected chi connectivity index (χ2v) is 22.1. The largest absolute Gasteiger partial charge is 0.481 e. The van der Waals surface area contributed by atoms with E-state index < -0.39 is 14.3 Å². The van der Waals surface area contributed by atoms with Crippen LogP contribution in [0.1, 0.15) is 141 Å². The van der Waals surface area contributed by atoms with Gasteiger partial charge < -0.3 is 23.7 Å². The first kappa shape index (κ1) is 43.2. The van der Waals surface area contributed by atoms with Crippen LogP contribution < -0.4 is 0 Å². The van der Waals surface area contributed by atoms with Gasteiger partial charge in [-0.2, -0.15) is 0 Å². The van der Waals surface area contributed by atoms with Crippen LogP contribution in [-0.2, 0) is 23.4 Å². The van der Waals surface area contributed by atoms with E-state index in [1.807, 2.05) is 42.5 Å². The highest BCUT2D eigenvalue weighted by Gasteiger charge is 2.47. The molecule has 0 bridgehead atoms. The molecule has 1 saturated heterocycles. The van der Waals surface area contributed by atoms with E-state index in [4.69, 9.17) is 23.7 Å². The summed E-state index contributed by atoms with van der Waals surface area (Å²) in [4.78, 5) is 25.0. The molecule has 1 N–H and O–H groups in total. The van der Waals surface area contributed by atoms with Gasteiger partial charge in [0.2, 0.25) is 0 Å². The van der Waals surface area contributed by atoms with E-state index >= 15 is 0 Å². The molecule has 1 aliphatic carbocycles. The summed E-state index contributed by atoms with van der Waals surface area (Å²) in [5.74, 6) is -0.248. The van der Waals surface area contributed by atoms with Gasteiger partial charge in [0.15, 0.2) is 14.6 Å². The lowest BCUT2D eigenvalue weighted by atomic mass is 9.83. The lowest BCUT2D eigenvalue weighted by Gasteiger charge is -2.41. The van der Waals surface area contributed by atoms with Gasteiger partial charge in [0.05, 0.1) is 11.7 Å². The minimum absolute atomic E-state index is 0.0761. The van der Waals surface area contributed by atoms with E-state index in [-0.39, 0.29) is 53.9 Å². The van der Waals surface area contributed by atoms with Crippen LogP contribution in [0.25, 0.3) is 11.1 Å². The van der Waals surface area contributed by atoms with Gasteiger partial charge in [0, 0.05) is 31.5 Å². The second kappa shape index (κ2) is 21.0. The van der Waals surface area contributed by atoms with Gasteiger partial charge in [-0.05, 0) is 105 Å². The van der Waals surface area contributed by atoms with Crippen molar-refractivity contribution >= 4 is 20.3 Å². The van der Waals surface area contributed by atoms with Gasteiger partial charge in [0.1, 0.15) is 6.10 Å². The molecule has 4 unspecified atom stereocenters. The topological polar surface area (TPSA) is 91.3 Å². The molecule has 1 aliphatic heterocycles. The maximum absolute atomic E-state index is 13.8. The van der Waals surface area contributed by atoms with E-state index in [1.165, 1.54) is 12.8 Å². The zero-order valence-corrected chi connectivity index (χ0v) is 34.9. The number of carbonyl (C=O) groups excluding carboxylic acids is 1. The average molecular weight is 751 g/mol. The van der Waals surface area contributed by atoms with Crippen molar-refractivity contribution in [3.63, 3.8) is 0 Å². The fraction of sp³-hybridized carbons (Fsp3) is 0.689. The lowest BCUT2D eigenvalue weighted by molar-refractivity contribution is -0.196. The van der Waals surface area contributed by atoms with Crippen LogP contribution in [0.5, 0.6) is 0 Å². The highest BCUT2D eigenvalue weighted by atomic mass is 28.4. The van der Waals surface area contributed by atoms with Crippen molar-refractivity contribution in [1.29, 1.82) is 0 Å². The molecule has 0 aromatic heterocycles. The molecule has 7 atom stereocenters. The van der Waals surface area contributed by atoms with Gasteiger partial charge in [-0.3, -0.25) is 4.79 Å². The molecule has 53 heavy (non-hydrogen) atoms. The third-order valence-electron chi connectivity index (χ3n) is 12.3. The first-order valence-corrected chi connectivity index (χ1v) is 23.7. The maximum Gasteiger partial charge on any atom is 0.338 e. The third kappa shape index (κ3) is 13.3. The minimum Gasteiger partial charge on any atom is -0.481 e. The summed E-state index contributed by atoms with van der Waals surface area (Å²) in [5, 5.41) is 9.27. The van der Waals surface area contributed by atoms with Crippen molar-refractivity contribution < 1.29 is 33.3 Å². The van der Waals surface area contributed by atoms with Gasteiger partial charge in [-0.1, -0.05) is 109 Å². The van der Waals surface area contributed by atoms with Crippen LogP contribution in [0.3, 0.4) is 0 Å². The normalized spacial score (nSPS) is 23.4. The Bertz CT molecular complexity index is 1370. The number of carboxylic acid groups (broad SMARTS) is 1. The van der Waals surface area contributed by atoms with Crippen molar-refractivity contribution in [3.8, 4) is 11.1 Å². The number of esters is 1. The van der Waals surface area contributed by atoms with Crippen LogP contribution in [0.4, 0.5) is 0 Å². The quantitative estimate of drug-likeness (QED) is 0.0771. The predicted octanol–water partition coefficient (Wildman–Crippen LogP) is 11.8. The Morgan fingerprint density at radius 1 is 0.868 bits per heavy atom. The maximum atomic E-state index is 13.8. The number of carboxylic acids is 1. The predicted molar refractivity (Wildman–Crippen MR) is 216 cm³/mol. The smallest absolute Gasteiger partial charge is 0.338 e. The molecule has 8 heteroatoms. The number of carbonyl (C=O) groups is 2. The molecule has 296 valence electrons. The number of rotatable bonds is 21. The minimum atomic E-state index is -2.02. The molecule has 2 fully saturated rings.